The summed E-state index contributed by atoms with van der Waals surface area (Å²) in [5, 5.41) is 0. The molecule has 1 saturated heterocycles. The van der Waals surface area contributed by atoms with Gasteiger partial charge >= 0.3 is 0 Å². The number of fused-ring (bicyclic) bond motifs is 1. The smallest absolute Gasteiger partial charge is 0.256 e. The van der Waals surface area contributed by atoms with Gasteiger partial charge in [-0.1, -0.05) is 0 Å². The minimum absolute atomic E-state index is 0.0426. The Bertz CT molecular complexity index is 586. The molecule has 0 saturated carbocycles. The summed E-state index contributed by atoms with van der Waals surface area (Å²) in [4.78, 5) is 16.9. The predicted molar refractivity (Wildman–Crippen MR) is 79.6 cm³/mol. The summed E-state index contributed by atoms with van der Waals surface area (Å²) in [6, 6.07) is 3.35. The van der Waals surface area contributed by atoms with Crippen molar-refractivity contribution in [2.24, 2.45) is 0 Å². The first kappa shape index (κ1) is 14.0. The Morgan fingerprint density at radius 1 is 1.24 bits per heavy atom. The van der Waals surface area contributed by atoms with Gasteiger partial charge in [0.2, 0.25) is 6.79 Å². The van der Waals surface area contributed by atoms with Crippen molar-refractivity contribution in [3.63, 3.8) is 0 Å². The first-order valence-electron chi connectivity index (χ1n) is 7.08. The van der Waals surface area contributed by atoms with Crippen molar-refractivity contribution in [1.82, 2.24) is 9.80 Å². The number of anilines is 1. The zero-order valence-corrected chi connectivity index (χ0v) is 12.7. The summed E-state index contributed by atoms with van der Waals surface area (Å²) >= 11 is 0. The van der Waals surface area contributed by atoms with Gasteiger partial charge in [0.25, 0.3) is 5.91 Å². The van der Waals surface area contributed by atoms with E-state index in [0.717, 1.165) is 6.54 Å². The van der Waals surface area contributed by atoms with Crippen LogP contribution in [0.1, 0.15) is 24.2 Å². The van der Waals surface area contributed by atoms with Gasteiger partial charge in [0.15, 0.2) is 11.5 Å². The molecule has 0 atom stereocenters. The molecular formula is C15H21N3O3. The average molecular weight is 291 g/mol. The van der Waals surface area contributed by atoms with Gasteiger partial charge in [0.05, 0.1) is 5.56 Å². The molecular weight excluding hydrogens is 270 g/mol. The molecule has 2 aliphatic rings. The lowest BCUT2D eigenvalue weighted by Crippen LogP contribution is -2.58. The van der Waals surface area contributed by atoms with Crippen molar-refractivity contribution in [3.05, 3.63) is 17.7 Å². The first-order chi connectivity index (χ1) is 9.88. The number of likely N-dealkylation sites (N-methyl/N-ethyl adjacent to an activating group) is 1. The summed E-state index contributed by atoms with van der Waals surface area (Å²) in [5.74, 6) is 1.13. The summed E-state index contributed by atoms with van der Waals surface area (Å²) in [7, 11) is 2.08. The van der Waals surface area contributed by atoms with E-state index >= 15 is 0 Å². The zero-order chi connectivity index (χ0) is 15.2. The van der Waals surface area contributed by atoms with Gasteiger partial charge in [0, 0.05) is 36.9 Å². The molecule has 114 valence electrons. The number of amides is 1. The Morgan fingerprint density at radius 2 is 1.90 bits per heavy atom. The van der Waals surface area contributed by atoms with E-state index in [-0.39, 0.29) is 18.2 Å². The second-order valence-corrected chi connectivity index (χ2v) is 6.25. The van der Waals surface area contributed by atoms with Crippen LogP contribution in [0.4, 0.5) is 5.69 Å². The molecule has 3 rings (SSSR count). The largest absolute Gasteiger partial charge is 0.454 e. The van der Waals surface area contributed by atoms with E-state index in [1.165, 1.54) is 0 Å². The maximum Gasteiger partial charge on any atom is 0.256 e. The van der Waals surface area contributed by atoms with Gasteiger partial charge in [-0.3, -0.25) is 9.69 Å². The number of nitrogens with zero attached hydrogens (tertiary/aromatic N) is 2. The lowest BCUT2D eigenvalue weighted by molar-refractivity contribution is 0.0312. The van der Waals surface area contributed by atoms with Gasteiger partial charge in [0.1, 0.15) is 0 Å². The Labute approximate surface area is 124 Å². The van der Waals surface area contributed by atoms with E-state index in [2.05, 4.69) is 25.8 Å². The number of hydrogen-bond acceptors (Lipinski definition) is 5. The van der Waals surface area contributed by atoms with Crippen LogP contribution in [0.25, 0.3) is 0 Å². The van der Waals surface area contributed by atoms with Crippen molar-refractivity contribution in [3.8, 4) is 11.5 Å². The summed E-state index contributed by atoms with van der Waals surface area (Å²) in [6.45, 7) is 6.67. The molecule has 0 aromatic heterocycles. The molecule has 1 aromatic rings. The second-order valence-electron chi connectivity index (χ2n) is 6.25. The SMILES string of the molecule is CN1CCN(C(=O)c2cc3c(cc2N)OCO3)CC1(C)C. The monoisotopic (exact) mass is 291 g/mol. The average Bonchev–Trinajstić information content (AvgIpc) is 2.87. The number of ether oxygens (including phenoxy) is 2. The van der Waals surface area contributed by atoms with Crippen LogP contribution >= 0.6 is 0 Å². The van der Waals surface area contributed by atoms with Gasteiger partial charge in [-0.05, 0) is 27.0 Å². The minimum Gasteiger partial charge on any atom is -0.454 e. The van der Waals surface area contributed by atoms with E-state index in [1.54, 1.807) is 12.1 Å². The number of rotatable bonds is 1. The standard InChI is InChI=1S/C15H21N3O3/c1-15(2)8-18(5-4-17(15)3)14(19)10-6-12-13(7-11(10)16)21-9-20-12/h6-7H,4-5,8-9,16H2,1-3H3. The maximum atomic E-state index is 12.7. The Balaban J connectivity index is 1.86. The van der Waals surface area contributed by atoms with Crippen LogP contribution < -0.4 is 15.2 Å². The van der Waals surface area contributed by atoms with Gasteiger partial charge in [-0.15, -0.1) is 0 Å². The highest BCUT2D eigenvalue weighted by molar-refractivity contribution is 6.00. The van der Waals surface area contributed by atoms with Gasteiger partial charge in [-0.2, -0.15) is 0 Å². The molecule has 0 unspecified atom stereocenters. The quantitative estimate of drug-likeness (QED) is 0.787. The molecule has 0 spiro atoms. The maximum absolute atomic E-state index is 12.7. The summed E-state index contributed by atoms with van der Waals surface area (Å²) < 4.78 is 10.6. The van der Waals surface area contributed by atoms with E-state index in [4.69, 9.17) is 15.2 Å². The number of hydrogen-bond donors (Lipinski definition) is 1. The molecule has 2 heterocycles. The number of nitrogen functional groups attached to an aromatic ring is 1. The zero-order valence-electron chi connectivity index (χ0n) is 12.7. The summed E-state index contributed by atoms with van der Waals surface area (Å²) in [6.07, 6.45) is 0. The van der Waals surface area contributed by atoms with Crippen LogP contribution in [0.15, 0.2) is 12.1 Å². The Hall–Kier alpha value is -1.95. The number of nitrogens with two attached hydrogens (primary N) is 1. The number of benzene rings is 1. The topological polar surface area (TPSA) is 68.0 Å². The molecule has 0 radical (unpaired) electrons. The Morgan fingerprint density at radius 3 is 2.57 bits per heavy atom. The lowest BCUT2D eigenvalue weighted by atomic mass is 9.98. The molecule has 2 aliphatic heterocycles. The fourth-order valence-electron chi connectivity index (χ4n) is 2.73. The molecule has 21 heavy (non-hydrogen) atoms. The highest BCUT2D eigenvalue weighted by Crippen LogP contribution is 2.36. The molecule has 6 nitrogen and oxygen atoms in total. The van der Waals surface area contributed by atoms with Crippen LogP contribution in [0.5, 0.6) is 11.5 Å². The van der Waals surface area contributed by atoms with Crippen molar-refractivity contribution in [1.29, 1.82) is 0 Å². The van der Waals surface area contributed by atoms with Crippen LogP contribution in [0.3, 0.4) is 0 Å². The van der Waals surface area contributed by atoms with Crippen molar-refractivity contribution in [2.75, 3.05) is 39.2 Å². The van der Waals surface area contributed by atoms with Crippen molar-refractivity contribution < 1.29 is 14.3 Å². The van der Waals surface area contributed by atoms with Gasteiger partial charge in [-0.25, -0.2) is 0 Å². The highest BCUT2D eigenvalue weighted by atomic mass is 16.7. The first-order valence-corrected chi connectivity index (χ1v) is 7.08. The predicted octanol–water partition coefficient (Wildman–Crippen LogP) is 1.16. The number of carbonyl (C=O) groups excluding carboxylic acids is 1. The van der Waals surface area contributed by atoms with E-state index in [9.17, 15) is 4.79 Å². The van der Waals surface area contributed by atoms with Crippen LogP contribution in [0, 0.1) is 0 Å². The summed E-state index contributed by atoms with van der Waals surface area (Å²) in [5.41, 5.74) is 6.88. The molecule has 0 aliphatic carbocycles. The number of carbonyl (C=O) groups is 1. The molecule has 2 N–H and O–H groups in total. The minimum atomic E-state index is -0.0491. The second kappa shape index (κ2) is 4.80. The molecule has 1 aromatic carbocycles. The van der Waals surface area contributed by atoms with Crippen molar-refractivity contribution in [2.45, 2.75) is 19.4 Å². The molecule has 1 amide bonds. The normalized spacial score (nSPS) is 20.6. The van der Waals surface area contributed by atoms with E-state index in [1.807, 2.05) is 4.90 Å². The molecule has 0 bridgehead atoms. The lowest BCUT2D eigenvalue weighted by Gasteiger charge is -2.45. The van der Waals surface area contributed by atoms with Gasteiger partial charge < -0.3 is 20.1 Å². The van der Waals surface area contributed by atoms with E-state index < -0.39 is 0 Å². The third-order valence-corrected chi connectivity index (χ3v) is 4.38. The van der Waals surface area contributed by atoms with Crippen LogP contribution in [-0.4, -0.2) is 54.7 Å². The fourth-order valence-corrected chi connectivity index (χ4v) is 2.73. The molecule has 6 heteroatoms. The Kier molecular flexibility index (Phi) is 3.20. The third-order valence-electron chi connectivity index (χ3n) is 4.38. The van der Waals surface area contributed by atoms with Crippen LogP contribution in [0.2, 0.25) is 0 Å². The molecule has 1 fully saturated rings. The highest BCUT2D eigenvalue weighted by Gasteiger charge is 2.34. The van der Waals surface area contributed by atoms with E-state index in [0.29, 0.717) is 35.8 Å². The fraction of sp³-hybridized carbons (Fsp3) is 0.533. The van der Waals surface area contributed by atoms with Crippen LogP contribution in [-0.2, 0) is 0 Å². The number of piperazine rings is 1. The van der Waals surface area contributed by atoms with Crippen molar-refractivity contribution >= 4 is 11.6 Å². The third kappa shape index (κ3) is 2.40.